The SMILES string of the molecule is Cc1cncc(C(N)c2ccc(Br)c(F)c2)c1. The maximum absolute atomic E-state index is 13.4. The summed E-state index contributed by atoms with van der Waals surface area (Å²) in [4.78, 5) is 4.09. The zero-order chi connectivity index (χ0) is 12.4. The van der Waals surface area contributed by atoms with Crippen molar-refractivity contribution in [1.29, 1.82) is 0 Å². The minimum atomic E-state index is -0.356. The minimum Gasteiger partial charge on any atom is -0.320 e. The summed E-state index contributed by atoms with van der Waals surface area (Å²) < 4.78 is 13.9. The number of hydrogen-bond donors (Lipinski definition) is 1. The van der Waals surface area contributed by atoms with Gasteiger partial charge in [-0.3, -0.25) is 4.98 Å². The van der Waals surface area contributed by atoms with Gasteiger partial charge in [-0.2, -0.15) is 0 Å². The Morgan fingerprint density at radius 3 is 2.65 bits per heavy atom. The Bertz CT molecular complexity index is 543. The highest BCUT2D eigenvalue weighted by atomic mass is 79.9. The summed E-state index contributed by atoms with van der Waals surface area (Å²) in [6, 6.07) is 6.51. The fourth-order valence-corrected chi connectivity index (χ4v) is 1.89. The third-order valence-electron chi connectivity index (χ3n) is 2.56. The predicted octanol–water partition coefficient (Wildman–Crippen LogP) is 3.34. The maximum atomic E-state index is 13.4. The van der Waals surface area contributed by atoms with Gasteiger partial charge in [-0.05, 0) is 51.7 Å². The van der Waals surface area contributed by atoms with Gasteiger partial charge in [0.15, 0.2) is 0 Å². The van der Waals surface area contributed by atoms with E-state index in [1.165, 1.54) is 6.07 Å². The molecule has 0 aliphatic carbocycles. The lowest BCUT2D eigenvalue weighted by atomic mass is 10.0. The molecule has 2 rings (SSSR count). The van der Waals surface area contributed by atoms with E-state index in [0.29, 0.717) is 4.47 Å². The molecule has 0 spiro atoms. The molecule has 2 nitrogen and oxygen atoms in total. The summed E-state index contributed by atoms with van der Waals surface area (Å²) in [5.41, 5.74) is 8.74. The normalized spacial score (nSPS) is 12.5. The third kappa shape index (κ3) is 2.70. The highest BCUT2D eigenvalue weighted by molar-refractivity contribution is 9.10. The minimum absolute atomic E-state index is 0.307. The quantitative estimate of drug-likeness (QED) is 0.923. The Hall–Kier alpha value is -1.26. The van der Waals surface area contributed by atoms with Gasteiger partial charge in [0.1, 0.15) is 5.82 Å². The van der Waals surface area contributed by atoms with Gasteiger partial charge in [-0.25, -0.2) is 4.39 Å². The number of aryl methyl sites for hydroxylation is 1. The summed E-state index contributed by atoms with van der Waals surface area (Å²) in [6.45, 7) is 1.95. The molecule has 1 unspecified atom stereocenters. The van der Waals surface area contributed by atoms with Crippen LogP contribution in [0.1, 0.15) is 22.7 Å². The van der Waals surface area contributed by atoms with E-state index in [-0.39, 0.29) is 11.9 Å². The van der Waals surface area contributed by atoms with Crippen molar-refractivity contribution in [3.63, 3.8) is 0 Å². The number of benzene rings is 1. The molecule has 17 heavy (non-hydrogen) atoms. The number of halogens is 2. The van der Waals surface area contributed by atoms with E-state index in [1.54, 1.807) is 24.5 Å². The first-order chi connectivity index (χ1) is 8.08. The Balaban J connectivity index is 2.36. The smallest absolute Gasteiger partial charge is 0.137 e. The van der Waals surface area contributed by atoms with Crippen LogP contribution in [0.25, 0.3) is 0 Å². The lowest BCUT2D eigenvalue weighted by molar-refractivity contribution is 0.617. The van der Waals surface area contributed by atoms with Crippen molar-refractivity contribution in [2.45, 2.75) is 13.0 Å². The average molecular weight is 295 g/mol. The molecule has 1 atom stereocenters. The zero-order valence-electron chi connectivity index (χ0n) is 9.32. The average Bonchev–Trinajstić information content (AvgIpc) is 2.32. The molecule has 88 valence electrons. The van der Waals surface area contributed by atoms with Gasteiger partial charge in [0.25, 0.3) is 0 Å². The van der Waals surface area contributed by atoms with Gasteiger partial charge in [-0.1, -0.05) is 12.1 Å². The van der Waals surface area contributed by atoms with Crippen molar-refractivity contribution in [2.24, 2.45) is 5.73 Å². The van der Waals surface area contributed by atoms with Gasteiger partial charge in [0.2, 0.25) is 0 Å². The first-order valence-corrected chi connectivity index (χ1v) is 5.99. The first kappa shape index (κ1) is 12.2. The van der Waals surface area contributed by atoms with Crippen molar-refractivity contribution >= 4 is 15.9 Å². The van der Waals surface area contributed by atoms with Crippen molar-refractivity contribution < 1.29 is 4.39 Å². The molecule has 1 aromatic carbocycles. The van der Waals surface area contributed by atoms with Crippen molar-refractivity contribution in [3.8, 4) is 0 Å². The Morgan fingerprint density at radius 1 is 1.24 bits per heavy atom. The number of pyridine rings is 1. The van der Waals surface area contributed by atoms with E-state index in [0.717, 1.165) is 16.7 Å². The summed E-state index contributed by atoms with van der Waals surface area (Å²) in [6.07, 6.45) is 3.47. The van der Waals surface area contributed by atoms with E-state index in [9.17, 15) is 4.39 Å². The molecular weight excluding hydrogens is 283 g/mol. The molecule has 1 aromatic heterocycles. The van der Waals surface area contributed by atoms with Crippen LogP contribution in [0.15, 0.2) is 41.1 Å². The van der Waals surface area contributed by atoms with Crippen LogP contribution in [-0.4, -0.2) is 4.98 Å². The van der Waals surface area contributed by atoms with Crippen LogP contribution in [0.5, 0.6) is 0 Å². The lowest BCUT2D eigenvalue weighted by Gasteiger charge is -2.13. The van der Waals surface area contributed by atoms with E-state index in [1.807, 2.05) is 13.0 Å². The highest BCUT2D eigenvalue weighted by Gasteiger charge is 2.11. The second-order valence-corrected chi connectivity index (χ2v) is 4.80. The Labute approximate surface area is 108 Å². The maximum Gasteiger partial charge on any atom is 0.137 e. The van der Waals surface area contributed by atoms with Gasteiger partial charge in [0, 0.05) is 12.4 Å². The fourth-order valence-electron chi connectivity index (χ4n) is 1.65. The molecule has 0 saturated carbocycles. The van der Waals surface area contributed by atoms with Gasteiger partial charge in [0.05, 0.1) is 10.5 Å². The second-order valence-electron chi connectivity index (χ2n) is 3.95. The molecule has 0 aliphatic rings. The fraction of sp³-hybridized carbons (Fsp3) is 0.154. The standard InChI is InChI=1S/C13H12BrFN2/c1-8-4-10(7-17-6-8)13(16)9-2-3-11(14)12(15)5-9/h2-7,13H,16H2,1H3. The molecule has 0 bridgehead atoms. The number of nitrogens with two attached hydrogens (primary N) is 1. The second kappa shape index (κ2) is 4.94. The van der Waals surface area contributed by atoms with E-state index in [4.69, 9.17) is 5.73 Å². The molecule has 1 heterocycles. The Kier molecular flexibility index (Phi) is 3.54. The largest absolute Gasteiger partial charge is 0.320 e. The number of nitrogens with zero attached hydrogens (tertiary/aromatic N) is 1. The zero-order valence-corrected chi connectivity index (χ0v) is 10.9. The van der Waals surface area contributed by atoms with Crippen LogP contribution in [0.4, 0.5) is 4.39 Å². The lowest BCUT2D eigenvalue weighted by Crippen LogP contribution is -2.12. The molecule has 0 saturated heterocycles. The third-order valence-corrected chi connectivity index (χ3v) is 3.20. The molecule has 0 aliphatic heterocycles. The van der Waals surface area contributed by atoms with Gasteiger partial charge < -0.3 is 5.73 Å². The predicted molar refractivity (Wildman–Crippen MR) is 69.1 cm³/mol. The van der Waals surface area contributed by atoms with Crippen LogP contribution in [0.3, 0.4) is 0 Å². The summed E-state index contributed by atoms with van der Waals surface area (Å²) >= 11 is 3.12. The van der Waals surface area contributed by atoms with Crippen LogP contribution in [-0.2, 0) is 0 Å². The number of aromatic nitrogens is 1. The monoisotopic (exact) mass is 294 g/mol. The molecule has 2 aromatic rings. The summed E-state index contributed by atoms with van der Waals surface area (Å²) in [7, 11) is 0. The van der Waals surface area contributed by atoms with Crippen molar-refractivity contribution in [2.75, 3.05) is 0 Å². The van der Waals surface area contributed by atoms with Crippen LogP contribution in [0, 0.1) is 12.7 Å². The van der Waals surface area contributed by atoms with Crippen LogP contribution in [0.2, 0.25) is 0 Å². The number of hydrogen-bond acceptors (Lipinski definition) is 2. The molecule has 0 radical (unpaired) electrons. The van der Waals surface area contributed by atoms with Gasteiger partial charge in [-0.15, -0.1) is 0 Å². The Morgan fingerprint density at radius 2 is 2.00 bits per heavy atom. The molecule has 0 fully saturated rings. The first-order valence-electron chi connectivity index (χ1n) is 5.20. The van der Waals surface area contributed by atoms with E-state index in [2.05, 4.69) is 20.9 Å². The number of rotatable bonds is 2. The summed E-state index contributed by atoms with van der Waals surface area (Å²) in [5, 5.41) is 0. The molecular formula is C13H12BrFN2. The van der Waals surface area contributed by atoms with Crippen molar-refractivity contribution in [1.82, 2.24) is 4.98 Å². The molecule has 4 heteroatoms. The highest BCUT2D eigenvalue weighted by Crippen LogP contribution is 2.23. The topological polar surface area (TPSA) is 38.9 Å². The van der Waals surface area contributed by atoms with Crippen LogP contribution < -0.4 is 5.73 Å². The van der Waals surface area contributed by atoms with Crippen molar-refractivity contribution in [3.05, 3.63) is 63.6 Å². The molecule has 0 amide bonds. The van der Waals surface area contributed by atoms with E-state index < -0.39 is 0 Å². The van der Waals surface area contributed by atoms with E-state index >= 15 is 0 Å². The van der Waals surface area contributed by atoms with Crippen LogP contribution >= 0.6 is 15.9 Å². The summed E-state index contributed by atoms with van der Waals surface area (Å²) in [5.74, 6) is -0.307. The molecule has 2 N–H and O–H groups in total. The van der Waals surface area contributed by atoms with Gasteiger partial charge >= 0.3 is 0 Å².